The van der Waals surface area contributed by atoms with Crippen LogP contribution in [0.4, 0.5) is 0 Å². The van der Waals surface area contributed by atoms with Crippen molar-refractivity contribution in [2.24, 2.45) is 0 Å². The molecule has 0 fully saturated rings. The Hall–Kier alpha value is -2.75. The number of ether oxygens (including phenoxy) is 2. The maximum atomic E-state index is 12.7. The van der Waals surface area contributed by atoms with Gasteiger partial charge in [0.15, 0.2) is 5.76 Å². The normalized spacial score (nSPS) is 14.2. The van der Waals surface area contributed by atoms with Gasteiger partial charge in [-0.25, -0.2) is 0 Å². The van der Waals surface area contributed by atoms with Gasteiger partial charge in [-0.1, -0.05) is 67.4 Å². The third-order valence-electron chi connectivity index (χ3n) is 4.93. The van der Waals surface area contributed by atoms with Crippen LogP contribution < -0.4 is 9.47 Å². The minimum Gasteiger partial charge on any atom is -0.489 e. The molecule has 0 saturated carbocycles. The summed E-state index contributed by atoms with van der Waals surface area (Å²) < 4.78 is 11.6. The molecule has 0 bridgehead atoms. The predicted molar refractivity (Wildman–Crippen MR) is 121 cm³/mol. The zero-order valence-corrected chi connectivity index (χ0v) is 18.1. The lowest BCUT2D eigenvalue weighted by molar-refractivity contribution is 0.101. The first-order valence-corrected chi connectivity index (χ1v) is 10.4. The van der Waals surface area contributed by atoms with Crippen LogP contribution in [0, 0.1) is 0 Å². The average Bonchev–Trinajstić information content (AvgIpc) is 3.04. The highest BCUT2D eigenvalue weighted by molar-refractivity contribution is 6.42. The van der Waals surface area contributed by atoms with Gasteiger partial charge >= 0.3 is 0 Å². The molecule has 30 heavy (non-hydrogen) atoms. The van der Waals surface area contributed by atoms with E-state index in [1.165, 1.54) is 5.56 Å². The number of allylic oxidation sites excluding steroid dienone is 1. The predicted octanol–water partition coefficient (Wildman–Crippen LogP) is 7.31. The molecule has 4 rings (SSSR count). The molecule has 3 aromatic rings. The van der Waals surface area contributed by atoms with Crippen LogP contribution in [0.2, 0.25) is 10.0 Å². The summed E-state index contributed by atoms with van der Waals surface area (Å²) in [7, 11) is 0. The molecule has 0 atom stereocenters. The molecule has 0 N–H and O–H groups in total. The summed E-state index contributed by atoms with van der Waals surface area (Å²) in [4.78, 5) is 12.7. The first kappa shape index (κ1) is 20.5. The lowest BCUT2D eigenvalue weighted by atomic mass is 10.0. The Labute approximate surface area is 185 Å². The SMILES string of the molecule is CC(C)c1ccc(/C=C2\Oc3cc(OCc4ccc(Cl)c(Cl)c4)ccc3C2=O)cc1. The van der Waals surface area contributed by atoms with Gasteiger partial charge in [0.2, 0.25) is 5.78 Å². The fourth-order valence-corrected chi connectivity index (χ4v) is 3.50. The lowest BCUT2D eigenvalue weighted by Crippen LogP contribution is -1.98. The second kappa shape index (κ2) is 8.55. The maximum Gasteiger partial charge on any atom is 0.231 e. The van der Waals surface area contributed by atoms with Crippen molar-refractivity contribution in [3.05, 3.63) is 98.7 Å². The zero-order chi connectivity index (χ0) is 21.3. The summed E-state index contributed by atoms with van der Waals surface area (Å²) in [5.74, 6) is 1.74. The van der Waals surface area contributed by atoms with Crippen molar-refractivity contribution >= 4 is 35.1 Å². The number of hydrogen-bond acceptors (Lipinski definition) is 3. The Balaban J connectivity index is 1.48. The summed E-state index contributed by atoms with van der Waals surface area (Å²) in [6.45, 7) is 4.62. The number of carbonyl (C=O) groups excluding carboxylic acids is 1. The lowest BCUT2D eigenvalue weighted by Gasteiger charge is -2.08. The number of rotatable bonds is 5. The van der Waals surface area contributed by atoms with Crippen LogP contribution in [0.15, 0.2) is 66.4 Å². The zero-order valence-electron chi connectivity index (χ0n) is 16.6. The van der Waals surface area contributed by atoms with Gasteiger partial charge in [0, 0.05) is 6.07 Å². The minimum absolute atomic E-state index is 0.131. The van der Waals surface area contributed by atoms with Crippen LogP contribution >= 0.6 is 23.2 Å². The maximum absolute atomic E-state index is 12.7. The molecular weight excluding hydrogens is 419 g/mol. The Bertz CT molecular complexity index is 1130. The highest BCUT2D eigenvalue weighted by Gasteiger charge is 2.27. The summed E-state index contributed by atoms with van der Waals surface area (Å²) in [5, 5.41) is 0.986. The summed E-state index contributed by atoms with van der Waals surface area (Å²) in [5.41, 5.74) is 3.60. The van der Waals surface area contributed by atoms with Gasteiger partial charge in [-0.15, -0.1) is 0 Å². The molecule has 1 aliphatic rings. The standard InChI is InChI=1S/C25H20Cl2O3/c1-15(2)18-6-3-16(4-7-18)12-24-25(28)20-9-8-19(13-23(20)30-24)29-14-17-5-10-21(26)22(27)11-17/h3-13,15H,14H2,1-2H3/b24-12-. The molecule has 0 radical (unpaired) electrons. The molecule has 5 heteroatoms. The molecule has 0 spiro atoms. The Morgan fingerprint density at radius 2 is 1.73 bits per heavy atom. The van der Waals surface area contributed by atoms with Crippen molar-refractivity contribution in [1.29, 1.82) is 0 Å². The quantitative estimate of drug-likeness (QED) is 0.391. The third-order valence-corrected chi connectivity index (χ3v) is 5.67. The van der Waals surface area contributed by atoms with Gasteiger partial charge in [-0.3, -0.25) is 4.79 Å². The number of hydrogen-bond donors (Lipinski definition) is 0. The molecule has 0 aliphatic carbocycles. The van der Waals surface area contributed by atoms with Gasteiger partial charge in [-0.2, -0.15) is 0 Å². The monoisotopic (exact) mass is 438 g/mol. The Morgan fingerprint density at radius 3 is 2.43 bits per heavy atom. The van der Waals surface area contributed by atoms with E-state index in [9.17, 15) is 4.79 Å². The fourth-order valence-electron chi connectivity index (χ4n) is 3.18. The molecule has 3 aromatic carbocycles. The van der Waals surface area contributed by atoms with Crippen molar-refractivity contribution in [2.45, 2.75) is 26.4 Å². The van der Waals surface area contributed by atoms with Crippen molar-refractivity contribution in [1.82, 2.24) is 0 Å². The van der Waals surface area contributed by atoms with E-state index in [2.05, 4.69) is 26.0 Å². The molecule has 0 aromatic heterocycles. The van der Waals surface area contributed by atoms with E-state index < -0.39 is 0 Å². The highest BCUT2D eigenvalue weighted by atomic mass is 35.5. The van der Waals surface area contributed by atoms with Crippen LogP contribution in [0.25, 0.3) is 6.08 Å². The number of ketones is 1. The second-order valence-electron chi connectivity index (χ2n) is 7.46. The van der Waals surface area contributed by atoms with E-state index in [1.807, 2.05) is 18.2 Å². The molecule has 1 heterocycles. The van der Waals surface area contributed by atoms with Gasteiger partial charge in [-0.05, 0) is 52.9 Å². The number of benzene rings is 3. The molecule has 0 saturated heterocycles. The van der Waals surface area contributed by atoms with Crippen molar-refractivity contribution in [3.8, 4) is 11.5 Å². The van der Waals surface area contributed by atoms with E-state index in [4.69, 9.17) is 32.7 Å². The fraction of sp³-hybridized carbons (Fsp3) is 0.160. The molecule has 1 aliphatic heterocycles. The van der Waals surface area contributed by atoms with Crippen molar-refractivity contribution < 1.29 is 14.3 Å². The van der Waals surface area contributed by atoms with Gasteiger partial charge in [0.25, 0.3) is 0 Å². The van der Waals surface area contributed by atoms with Crippen LogP contribution in [-0.2, 0) is 6.61 Å². The van der Waals surface area contributed by atoms with Gasteiger partial charge in [0.1, 0.15) is 18.1 Å². The minimum atomic E-state index is -0.131. The third kappa shape index (κ3) is 4.38. The topological polar surface area (TPSA) is 35.5 Å². The van der Waals surface area contributed by atoms with Crippen LogP contribution in [-0.4, -0.2) is 5.78 Å². The average molecular weight is 439 g/mol. The smallest absolute Gasteiger partial charge is 0.231 e. The van der Waals surface area contributed by atoms with E-state index in [0.717, 1.165) is 11.1 Å². The van der Waals surface area contributed by atoms with E-state index in [-0.39, 0.29) is 5.78 Å². The van der Waals surface area contributed by atoms with Crippen LogP contribution in [0.3, 0.4) is 0 Å². The van der Waals surface area contributed by atoms with E-state index in [1.54, 1.807) is 36.4 Å². The summed E-state index contributed by atoms with van der Waals surface area (Å²) in [6.07, 6.45) is 1.77. The summed E-state index contributed by atoms with van der Waals surface area (Å²) >= 11 is 12.0. The first-order valence-electron chi connectivity index (χ1n) is 9.65. The highest BCUT2D eigenvalue weighted by Crippen LogP contribution is 2.35. The molecule has 152 valence electrons. The van der Waals surface area contributed by atoms with Crippen molar-refractivity contribution in [2.75, 3.05) is 0 Å². The van der Waals surface area contributed by atoms with E-state index >= 15 is 0 Å². The van der Waals surface area contributed by atoms with Crippen LogP contribution in [0.5, 0.6) is 11.5 Å². The van der Waals surface area contributed by atoms with E-state index in [0.29, 0.717) is 45.4 Å². The second-order valence-corrected chi connectivity index (χ2v) is 8.27. The molecule has 0 amide bonds. The Morgan fingerprint density at radius 1 is 0.967 bits per heavy atom. The number of carbonyl (C=O) groups is 1. The van der Waals surface area contributed by atoms with Gasteiger partial charge < -0.3 is 9.47 Å². The summed E-state index contributed by atoms with van der Waals surface area (Å²) in [6, 6.07) is 18.7. The van der Waals surface area contributed by atoms with Crippen LogP contribution in [0.1, 0.15) is 46.8 Å². The molecular formula is C25H20Cl2O3. The molecule has 0 unspecified atom stereocenters. The number of fused-ring (bicyclic) bond motifs is 1. The number of Topliss-reactive ketones (excluding diaryl/α,β-unsaturated/α-hetero) is 1. The first-order chi connectivity index (χ1) is 14.4. The Kier molecular flexibility index (Phi) is 5.85. The largest absolute Gasteiger partial charge is 0.489 e. The van der Waals surface area contributed by atoms with Gasteiger partial charge in [0.05, 0.1) is 15.6 Å². The van der Waals surface area contributed by atoms with Crippen molar-refractivity contribution in [3.63, 3.8) is 0 Å². The molecule has 3 nitrogen and oxygen atoms in total. The number of halogens is 2.